The van der Waals surface area contributed by atoms with Gasteiger partial charge in [0.1, 0.15) is 17.6 Å². The molecule has 1 atom stereocenters. The Hall–Kier alpha value is -1.43. The maximum absolute atomic E-state index is 8.90. The van der Waals surface area contributed by atoms with E-state index in [1.54, 1.807) is 0 Å². The number of hydrogen-bond acceptors (Lipinski definition) is 3. The molecule has 78 valence electrons. The van der Waals surface area contributed by atoms with Gasteiger partial charge in [-0.15, -0.1) is 0 Å². The van der Waals surface area contributed by atoms with E-state index in [0.717, 1.165) is 17.9 Å². The fourth-order valence-corrected chi connectivity index (χ4v) is 1.53. The van der Waals surface area contributed by atoms with Gasteiger partial charge in [0.05, 0.1) is 0 Å². The molecular formula is C12H15N3. The Kier molecular flexibility index (Phi) is 2.68. The van der Waals surface area contributed by atoms with Crippen molar-refractivity contribution in [1.29, 1.82) is 5.26 Å². The van der Waals surface area contributed by atoms with Crippen molar-refractivity contribution in [1.82, 2.24) is 9.97 Å². The average molecular weight is 201 g/mol. The first kappa shape index (κ1) is 10.1. The summed E-state index contributed by atoms with van der Waals surface area (Å²) in [6.45, 7) is 4.27. The molecule has 1 aliphatic carbocycles. The van der Waals surface area contributed by atoms with Gasteiger partial charge in [0.15, 0.2) is 0 Å². The van der Waals surface area contributed by atoms with E-state index in [-0.39, 0.29) is 0 Å². The summed E-state index contributed by atoms with van der Waals surface area (Å²) in [5, 5.41) is 8.90. The molecule has 1 fully saturated rings. The van der Waals surface area contributed by atoms with Crippen LogP contribution in [-0.4, -0.2) is 9.97 Å². The van der Waals surface area contributed by atoms with E-state index in [1.165, 1.54) is 12.8 Å². The van der Waals surface area contributed by atoms with Crippen LogP contribution in [0.1, 0.15) is 62.2 Å². The molecule has 0 radical (unpaired) electrons. The van der Waals surface area contributed by atoms with Crippen LogP contribution in [-0.2, 0) is 0 Å². The summed E-state index contributed by atoms with van der Waals surface area (Å²) in [7, 11) is 0. The standard InChI is InChI=1S/C12H15N3/c1-3-8(2)11-6-10(7-13)14-12(15-11)9-4-5-9/h6,8-9H,3-5H2,1-2H3/t8-/m1/s1. The highest BCUT2D eigenvalue weighted by molar-refractivity contribution is 5.26. The third-order valence-electron chi connectivity index (χ3n) is 2.94. The van der Waals surface area contributed by atoms with Gasteiger partial charge in [-0.25, -0.2) is 9.97 Å². The Bertz CT molecular complexity index is 402. The Morgan fingerprint density at radius 1 is 1.53 bits per heavy atom. The molecule has 0 aromatic carbocycles. The fourth-order valence-electron chi connectivity index (χ4n) is 1.53. The normalized spacial score (nSPS) is 17.1. The lowest BCUT2D eigenvalue weighted by molar-refractivity contribution is 0.692. The first-order valence-electron chi connectivity index (χ1n) is 5.53. The Labute approximate surface area is 90.2 Å². The predicted molar refractivity (Wildman–Crippen MR) is 57.4 cm³/mol. The van der Waals surface area contributed by atoms with Gasteiger partial charge in [0.2, 0.25) is 0 Å². The minimum atomic E-state index is 0.414. The van der Waals surface area contributed by atoms with Crippen molar-refractivity contribution in [3.63, 3.8) is 0 Å². The van der Waals surface area contributed by atoms with Gasteiger partial charge in [-0.2, -0.15) is 5.26 Å². The molecule has 15 heavy (non-hydrogen) atoms. The Balaban J connectivity index is 2.37. The molecular weight excluding hydrogens is 186 g/mol. The summed E-state index contributed by atoms with van der Waals surface area (Å²) in [4.78, 5) is 8.81. The molecule has 1 heterocycles. The SMILES string of the molecule is CC[C@@H](C)c1cc(C#N)nc(C2CC2)n1. The van der Waals surface area contributed by atoms with E-state index >= 15 is 0 Å². The van der Waals surface area contributed by atoms with Crippen LogP contribution in [0.2, 0.25) is 0 Å². The molecule has 0 amide bonds. The summed E-state index contributed by atoms with van der Waals surface area (Å²) in [5.74, 6) is 1.81. The van der Waals surface area contributed by atoms with Crippen LogP contribution >= 0.6 is 0 Å². The molecule has 0 aliphatic heterocycles. The monoisotopic (exact) mass is 201 g/mol. The van der Waals surface area contributed by atoms with Crippen LogP contribution in [0.15, 0.2) is 6.07 Å². The second kappa shape index (κ2) is 3.98. The lowest BCUT2D eigenvalue weighted by atomic mass is 10.0. The molecule has 0 spiro atoms. The summed E-state index contributed by atoms with van der Waals surface area (Å²) < 4.78 is 0. The van der Waals surface area contributed by atoms with Crippen LogP contribution < -0.4 is 0 Å². The molecule has 3 nitrogen and oxygen atoms in total. The Morgan fingerprint density at radius 3 is 2.80 bits per heavy atom. The number of aromatic nitrogens is 2. The van der Waals surface area contributed by atoms with E-state index in [2.05, 4.69) is 29.9 Å². The number of nitrogens with zero attached hydrogens (tertiary/aromatic N) is 3. The maximum Gasteiger partial charge on any atom is 0.144 e. The Morgan fingerprint density at radius 2 is 2.27 bits per heavy atom. The number of nitriles is 1. The zero-order valence-corrected chi connectivity index (χ0v) is 9.20. The van der Waals surface area contributed by atoms with Crippen molar-refractivity contribution in [3.8, 4) is 6.07 Å². The van der Waals surface area contributed by atoms with Crippen LogP contribution in [0, 0.1) is 11.3 Å². The average Bonchev–Trinajstić information content (AvgIpc) is 3.11. The maximum atomic E-state index is 8.90. The third kappa shape index (κ3) is 2.15. The third-order valence-corrected chi connectivity index (χ3v) is 2.94. The first-order valence-corrected chi connectivity index (χ1v) is 5.53. The van der Waals surface area contributed by atoms with Crippen molar-refractivity contribution in [2.45, 2.75) is 44.9 Å². The van der Waals surface area contributed by atoms with Crippen molar-refractivity contribution in [2.75, 3.05) is 0 Å². The van der Waals surface area contributed by atoms with Crippen LogP contribution in [0.3, 0.4) is 0 Å². The van der Waals surface area contributed by atoms with Gasteiger partial charge >= 0.3 is 0 Å². The van der Waals surface area contributed by atoms with Crippen molar-refractivity contribution in [2.24, 2.45) is 0 Å². The minimum absolute atomic E-state index is 0.414. The molecule has 2 rings (SSSR count). The summed E-state index contributed by atoms with van der Waals surface area (Å²) in [6, 6.07) is 3.94. The molecule has 0 saturated heterocycles. The van der Waals surface area contributed by atoms with Gasteiger partial charge in [-0.1, -0.05) is 13.8 Å². The molecule has 3 heteroatoms. The van der Waals surface area contributed by atoms with E-state index in [0.29, 0.717) is 17.5 Å². The zero-order chi connectivity index (χ0) is 10.8. The lowest BCUT2D eigenvalue weighted by Gasteiger charge is -2.09. The fraction of sp³-hybridized carbons (Fsp3) is 0.583. The van der Waals surface area contributed by atoms with E-state index in [4.69, 9.17) is 5.26 Å². The number of rotatable bonds is 3. The van der Waals surface area contributed by atoms with E-state index in [1.807, 2.05) is 6.07 Å². The molecule has 0 bridgehead atoms. The highest BCUT2D eigenvalue weighted by atomic mass is 14.9. The predicted octanol–water partition coefficient (Wildman–Crippen LogP) is 2.74. The summed E-state index contributed by atoms with van der Waals surface area (Å²) in [5.41, 5.74) is 1.54. The second-order valence-corrected chi connectivity index (χ2v) is 4.23. The smallest absolute Gasteiger partial charge is 0.144 e. The van der Waals surface area contributed by atoms with Crippen LogP contribution in [0.4, 0.5) is 0 Å². The lowest BCUT2D eigenvalue weighted by Crippen LogP contribution is -2.03. The van der Waals surface area contributed by atoms with Gasteiger partial charge in [0.25, 0.3) is 0 Å². The van der Waals surface area contributed by atoms with E-state index < -0.39 is 0 Å². The molecule has 1 saturated carbocycles. The molecule has 1 aromatic heterocycles. The largest absolute Gasteiger partial charge is 0.237 e. The number of hydrogen-bond donors (Lipinski definition) is 0. The zero-order valence-electron chi connectivity index (χ0n) is 9.20. The van der Waals surface area contributed by atoms with Crippen LogP contribution in [0.25, 0.3) is 0 Å². The van der Waals surface area contributed by atoms with Gasteiger partial charge in [0, 0.05) is 11.6 Å². The van der Waals surface area contributed by atoms with Gasteiger partial charge in [-0.05, 0) is 31.2 Å². The minimum Gasteiger partial charge on any atom is -0.237 e. The van der Waals surface area contributed by atoms with Crippen molar-refractivity contribution < 1.29 is 0 Å². The molecule has 1 aromatic rings. The van der Waals surface area contributed by atoms with Gasteiger partial charge in [-0.3, -0.25) is 0 Å². The summed E-state index contributed by atoms with van der Waals surface area (Å²) in [6.07, 6.45) is 3.40. The molecule has 0 N–H and O–H groups in total. The van der Waals surface area contributed by atoms with E-state index in [9.17, 15) is 0 Å². The molecule has 1 aliphatic rings. The van der Waals surface area contributed by atoms with Crippen molar-refractivity contribution >= 4 is 0 Å². The highest BCUT2D eigenvalue weighted by Crippen LogP contribution is 2.38. The van der Waals surface area contributed by atoms with Crippen molar-refractivity contribution in [3.05, 3.63) is 23.3 Å². The first-order chi connectivity index (χ1) is 7.24. The van der Waals surface area contributed by atoms with Gasteiger partial charge < -0.3 is 0 Å². The van der Waals surface area contributed by atoms with Crippen LogP contribution in [0.5, 0.6) is 0 Å². The highest BCUT2D eigenvalue weighted by Gasteiger charge is 2.27. The second-order valence-electron chi connectivity index (χ2n) is 4.23. The summed E-state index contributed by atoms with van der Waals surface area (Å²) >= 11 is 0. The topological polar surface area (TPSA) is 49.6 Å². The quantitative estimate of drug-likeness (QED) is 0.755. The molecule has 0 unspecified atom stereocenters.